The molecule has 0 bridgehead atoms. The first-order chi connectivity index (χ1) is 11.5. The van der Waals surface area contributed by atoms with E-state index in [2.05, 4.69) is 5.32 Å². The molecule has 128 valence electrons. The second-order valence-electron chi connectivity index (χ2n) is 5.80. The van der Waals surface area contributed by atoms with Crippen LogP contribution in [-0.2, 0) is 4.79 Å². The summed E-state index contributed by atoms with van der Waals surface area (Å²) < 4.78 is 11.2. The standard InChI is InChI=1S/C20H25NO3/c1-5-18(24-16-12-10-14(2)11-13-16)20(22)21-15(3)17-8-6-7-9-19(17)23-4/h6-13,15,18H,5H2,1-4H3,(H,21,22)/t15-,18+/m0/s1. The third-order valence-corrected chi connectivity index (χ3v) is 3.93. The highest BCUT2D eigenvalue weighted by molar-refractivity contribution is 5.81. The summed E-state index contributed by atoms with van der Waals surface area (Å²) in [5.41, 5.74) is 2.10. The van der Waals surface area contributed by atoms with Crippen molar-refractivity contribution in [3.63, 3.8) is 0 Å². The molecule has 2 aromatic carbocycles. The summed E-state index contributed by atoms with van der Waals surface area (Å²) in [6.07, 6.45) is 0.0723. The molecule has 0 unspecified atom stereocenters. The van der Waals surface area contributed by atoms with Gasteiger partial charge in [-0.05, 0) is 38.5 Å². The van der Waals surface area contributed by atoms with Gasteiger partial charge in [0.25, 0.3) is 5.91 Å². The molecule has 0 aliphatic carbocycles. The zero-order valence-electron chi connectivity index (χ0n) is 14.7. The monoisotopic (exact) mass is 327 g/mol. The van der Waals surface area contributed by atoms with Crippen LogP contribution in [0.2, 0.25) is 0 Å². The van der Waals surface area contributed by atoms with Crippen molar-refractivity contribution >= 4 is 5.91 Å². The van der Waals surface area contributed by atoms with Crippen molar-refractivity contribution in [1.82, 2.24) is 5.32 Å². The van der Waals surface area contributed by atoms with Crippen molar-refractivity contribution in [1.29, 1.82) is 0 Å². The Kier molecular flexibility index (Phi) is 6.24. The molecule has 0 aliphatic rings. The van der Waals surface area contributed by atoms with Gasteiger partial charge in [0.15, 0.2) is 6.10 Å². The molecule has 0 aliphatic heterocycles. The van der Waals surface area contributed by atoms with Crippen LogP contribution in [0.4, 0.5) is 0 Å². The number of methoxy groups -OCH3 is 1. The summed E-state index contributed by atoms with van der Waals surface area (Å²) >= 11 is 0. The Morgan fingerprint density at radius 2 is 1.79 bits per heavy atom. The molecule has 0 radical (unpaired) electrons. The van der Waals surface area contributed by atoms with Gasteiger partial charge in [-0.2, -0.15) is 0 Å². The molecule has 2 aromatic rings. The zero-order valence-corrected chi connectivity index (χ0v) is 14.7. The van der Waals surface area contributed by atoms with E-state index < -0.39 is 6.10 Å². The maximum absolute atomic E-state index is 12.6. The number of hydrogen-bond acceptors (Lipinski definition) is 3. The van der Waals surface area contributed by atoms with Crippen LogP contribution in [0.15, 0.2) is 48.5 Å². The van der Waals surface area contributed by atoms with Gasteiger partial charge >= 0.3 is 0 Å². The fourth-order valence-electron chi connectivity index (χ4n) is 2.51. The van der Waals surface area contributed by atoms with Gasteiger partial charge in [-0.3, -0.25) is 4.79 Å². The smallest absolute Gasteiger partial charge is 0.261 e. The number of carbonyl (C=O) groups excluding carboxylic acids is 1. The number of ether oxygens (including phenoxy) is 2. The Bertz CT molecular complexity index is 667. The first-order valence-electron chi connectivity index (χ1n) is 8.21. The minimum absolute atomic E-state index is 0.128. The molecule has 0 aromatic heterocycles. The Balaban J connectivity index is 2.04. The Morgan fingerprint density at radius 3 is 2.42 bits per heavy atom. The minimum atomic E-state index is -0.523. The van der Waals surface area contributed by atoms with Crippen LogP contribution >= 0.6 is 0 Å². The molecule has 4 heteroatoms. The number of nitrogens with one attached hydrogen (secondary N) is 1. The molecule has 1 N–H and O–H groups in total. The number of rotatable bonds is 7. The normalized spacial score (nSPS) is 13.0. The van der Waals surface area contributed by atoms with Gasteiger partial charge in [-0.1, -0.05) is 42.8 Å². The SMILES string of the molecule is CC[C@@H](Oc1ccc(C)cc1)C(=O)N[C@@H](C)c1ccccc1OC. The lowest BCUT2D eigenvalue weighted by Gasteiger charge is -2.22. The van der Waals surface area contributed by atoms with Crippen molar-refractivity contribution in [2.75, 3.05) is 7.11 Å². The first kappa shape index (κ1) is 17.9. The molecule has 1 amide bonds. The second-order valence-corrected chi connectivity index (χ2v) is 5.80. The van der Waals surface area contributed by atoms with Crippen LogP contribution in [0.1, 0.15) is 37.4 Å². The largest absolute Gasteiger partial charge is 0.496 e. The molecule has 2 rings (SSSR count). The molecule has 0 fully saturated rings. The van der Waals surface area contributed by atoms with Gasteiger partial charge in [0.1, 0.15) is 11.5 Å². The highest BCUT2D eigenvalue weighted by atomic mass is 16.5. The first-order valence-corrected chi connectivity index (χ1v) is 8.21. The predicted molar refractivity (Wildman–Crippen MR) is 95.4 cm³/mol. The number of hydrogen-bond donors (Lipinski definition) is 1. The molecule has 0 heterocycles. The maximum atomic E-state index is 12.6. The van der Waals surface area contributed by atoms with E-state index >= 15 is 0 Å². The zero-order chi connectivity index (χ0) is 17.5. The van der Waals surface area contributed by atoms with E-state index in [9.17, 15) is 4.79 Å². The minimum Gasteiger partial charge on any atom is -0.496 e. The van der Waals surface area contributed by atoms with Crippen molar-refractivity contribution in [2.45, 2.75) is 39.3 Å². The lowest BCUT2D eigenvalue weighted by molar-refractivity contribution is -0.128. The number of amides is 1. The molecular formula is C20H25NO3. The summed E-state index contributed by atoms with van der Waals surface area (Å²) in [6, 6.07) is 15.2. The summed E-state index contributed by atoms with van der Waals surface area (Å²) in [6.45, 7) is 5.89. The van der Waals surface area contributed by atoms with Crippen LogP contribution in [0.25, 0.3) is 0 Å². The molecule has 4 nitrogen and oxygen atoms in total. The topological polar surface area (TPSA) is 47.6 Å². The Labute approximate surface area is 143 Å². The van der Waals surface area contributed by atoms with Crippen LogP contribution in [0.3, 0.4) is 0 Å². The highest BCUT2D eigenvalue weighted by Crippen LogP contribution is 2.24. The van der Waals surface area contributed by atoms with Crippen LogP contribution in [-0.4, -0.2) is 19.1 Å². The fraction of sp³-hybridized carbons (Fsp3) is 0.350. The van der Waals surface area contributed by atoms with Crippen molar-refractivity contribution in [3.05, 3.63) is 59.7 Å². The molecule has 2 atom stereocenters. The third kappa shape index (κ3) is 4.51. The van der Waals surface area contributed by atoms with E-state index in [0.717, 1.165) is 16.9 Å². The van der Waals surface area contributed by atoms with E-state index in [1.54, 1.807) is 7.11 Å². The molecule has 0 saturated heterocycles. The van der Waals surface area contributed by atoms with Crippen molar-refractivity contribution in [3.8, 4) is 11.5 Å². The summed E-state index contributed by atoms with van der Waals surface area (Å²) in [5.74, 6) is 1.34. The number of benzene rings is 2. The van der Waals surface area contributed by atoms with E-state index in [0.29, 0.717) is 12.2 Å². The van der Waals surface area contributed by atoms with E-state index in [4.69, 9.17) is 9.47 Å². The van der Waals surface area contributed by atoms with Crippen molar-refractivity contribution < 1.29 is 14.3 Å². The van der Waals surface area contributed by atoms with Gasteiger partial charge in [0.2, 0.25) is 0 Å². The summed E-state index contributed by atoms with van der Waals surface area (Å²) in [7, 11) is 1.63. The van der Waals surface area contributed by atoms with E-state index in [-0.39, 0.29) is 11.9 Å². The maximum Gasteiger partial charge on any atom is 0.261 e. The highest BCUT2D eigenvalue weighted by Gasteiger charge is 2.21. The van der Waals surface area contributed by atoms with Gasteiger partial charge < -0.3 is 14.8 Å². The van der Waals surface area contributed by atoms with Gasteiger partial charge in [0.05, 0.1) is 13.2 Å². The molecule has 24 heavy (non-hydrogen) atoms. The predicted octanol–water partition coefficient (Wildman–Crippen LogP) is 4.04. The Morgan fingerprint density at radius 1 is 1.12 bits per heavy atom. The van der Waals surface area contributed by atoms with Gasteiger partial charge in [-0.25, -0.2) is 0 Å². The quantitative estimate of drug-likeness (QED) is 0.835. The number of para-hydroxylation sites is 1. The summed E-state index contributed by atoms with van der Waals surface area (Å²) in [5, 5.41) is 3.01. The average molecular weight is 327 g/mol. The number of aryl methyl sites for hydroxylation is 1. The lowest BCUT2D eigenvalue weighted by atomic mass is 10.1. The van der Waals surface area contributed by atoms with Crippen LogP contribution < -0.4 is 14.8 Å². The molecular weight excluding hydrogens is 302 g/mol. The second kappa shape index (κ2) is 8.39. The summed E-state index contributed by atoms with van der Waals surface area (Å²) in [4.78, 5) is 12.6. The molecule has 0 spiro atoms. The lowest BCUT2D eigenvalue weighted by Crippen LogP contribution is -2.39. The Hall–Kier alpha value is -2.49. The van der Waals surface area contributed by atoms with Crippen LogP contribution in [0, 0.1) is 6.92 Å². The van der Waals surface area contributed by atoms with Crippen LogP contribution in [0.5, 0.6) is 11.5 Å². The number of carbonyl (C=O) groups is 1. The third-order valence-electron chi connectivity index (χ3n) is 3.93. The van der Waals surface area contributed by atoms with Gasteiger partial charge in [0, 0.05) is 5.56 Å². The van der Waals surface area contributed by atoms with E-state index in [1.807, 2.05) is 69.3 Å². The average Bonchev–Trinajstić information content (AvgIpc) is 2.60. The van der Waals surface area contributed by atoms with Gasteiger partial charge in [-0.15, -0.1) is 0 Å². The molecule has 0 saturated carbocycles. The van der Waals surface area contributed by atoms with Crippen molar-refractivity contribution in [2.24, 2.45) is 0 Å². The van der Waals surface area contributed by atoms with E-state index in [1.165, 1.54) is 0 Å². The fourth-order valence-corrected chi connectivity index (χ4v) is 2.51.